The molecule has 1 fully saturated rings. The van der Waals surface area contributed by atoms with Crippen LogP contribution in [0.25, 0.3) is 0 Å². The highest BCUT2D eigenvalue weighted by molar-refractivity contribution is 7.99. The highest BCUT2D eigenvalue weighted by Gasteiger charge is 2.33. The molecule has 6 heteroatoms. The van der Waals surface area contributed by atoms with Gasteiger partial charge in [-0.15, -0.1) is 6.58 Å². The molecular formula is C16H20FNO3S. The Hall–Kier alpha value is -1.53. The van der Waals surface area contributed by atoms with Crippen LogP contribution in [0.5, 0.6) is 0 Å². The highest BCUT2D eigenvalue weighted by atomic mass is 32.2. The molecule has 0 saturated carbocycles. The van der Waals surface area contributed by atoms with Crippen LogP contribution in [-0.4, -0.2) is 29.3 Å². The van der Waals surface area contributed by atoms with Gasteiger partial charge >= 0.3 is 6.09 Å². The number of halogens is 1. The summed E-state index contributed by atoms with van der Waals surface area (Å²) >= 11 is 1.76. The Morgan fingerprint density at radius 2 is 2.23 bits per heavy atom. The molecule has 1 heterocycles. The first-order chi connectivity index (χ1) is 10.5. The first-order valence-electron chi connectivity index (χ1n) is 7.20. The molecule has 1 aliphatic rings. The summed E-state index contributed by atoms with van der Waals surface area (Å²) in [6.07, 6.45) is 2.63. The van der Waals surface area contributed by atoms with Crippen LogP contribution in [0.2, 0.25) is 0 Å². The summed E-state index contributed by atoms with van der Waals surface area (Å²) in [5, 5.41) is 13.0. The summed E-state index contributed by atoms with van der Waals surface area (Å²) in [4.78, 5) is 11.5. The van der Waals surface area contributed by atoms with E-state index in [0.29, 0.717) is 30.5 Å². The first-order valence-corrected chi connectivity index (χ1v) is 8.35. The van der Waals surface area contributed by atoms with Gasteiger partial charge in [0.1, 0.15) is 5.82 Å². The van der Waals surface area contributed by atoms with Gasteiger partial charge in [0.2, 0.25) is 0 Å². The number of thioether (sulfide) groups is 1. The molecule has 1 aromatic carbocycles. The van der Waals surface area contributed by atoms with Crippen molar-refractivity contribution in [2.75, 3.05) is 23.4 Å². The maximum atomic E-state index is 14.3. The number of hydrogen-bond acceptors (Lipinski definition) is 4. The normalized spacial score (nSPS) is 16.8. The van der Waals surface area contributed by atoms with Crippen molar-refractivity contribution in [1.29, 1.82) is 0 Å². The fraction of sp³-hybridized carbons (Fsp3) is 0.438. The lowest BCUT2D eigenvalue weighted by atomic mass is 9.87. The van der Waals surface area contributed by atoms with Crippen LogP contribution in [-0.2, 0) is 10.3 Å². The quantitative estimate of drug-likeness (QED) is 0.641. The lowest BCUT2D eigenvalue weighted by molar-refractivity contribution is 0.0246. The number of anilines is 1. The van der Waals surface area contributed by atoms with E-state index in [1.54, 1.807) is 23.9 Å². The van der Waals surface area contributed by atoms with Crippen LogP contribution in [0.1, 0.15) is 24.8 Å². The largest absolute Gasteiger partial charge is 0.449 e. The van der Waals surface area contributed by atoms with E-state index < -0.39 is 17.5 Å². The van der Waals surface area contributed by atoms with E-state index in [1.807, 2.05) is 0 Å². The lowest BCUT2D eigenvalue weighted by Crippen LogP contribution is -2.31. The van der Waals surface area contributed by atoms with Crippen LogP contribution in [0, 0.1) is 5.82 Å². The summed E-state index contributed by atoms with van der Waals surface area (Å²) in [7, 11) is 0. The number of hydrogen-bond donors (Lipinski definition) is 2. The van der Waals surface area contributed by atoms with Crippen molar-refractivity contribution in [1.82, 2.24) is 0 Å². The zero-order chi connectivity index (χ0) is 16.0. The molecule has 0 aliphatic carbocycles. The Labute approximate surface area is 133 Å². The minimum Gasteiger partial charge on any atom is -0.449 e. The molecule has 1 aliphatic heterocycles. The third-order valence-electron chi connectivity index (χ3n) is 3.59. The maximum Gasteiger partial charge on any atom is 0.411 e. The maximum absolute atomic E-state index is 14.3. The number of aliphatic hydroxyl groups is 1. The third-order valence-corrected chi connectivity index (χ3v) is 4.58. The number of ether oxygens (including phenoxy) is 1. The minimum atomic E-state index is -1.11. The zero-order valence-corrected chi connectivity index (χ0v) is 13.1. The second kappa shape index (κ2) is 7.65. The Morgan fingerprint density at radius 3 is 2.86 bits per heavy atom. The Balaban J connectivity index is 2.03. The van der Waals surface area contributed by atoms with Gasteiger partial charge < -0.3 is 9.84 Å². The number of amides is 1. The molecule has 0 unspecified atom stereocenters. The molecule has 22 heavy (non-hydrogen) atoms. The molecule has 2 rings (SSSR count). The van der Waals surface area contributed by atoms with Gasteiger partial charge in [-0.25, -0.2) is 9.18 Å². The van der Waals surface area contributed by atoms with Gasteiger partial charge in [-0.1, -0.05) is 12.1 Å². The second-order valence-electron chi connectivity index (χ2n) is 5.18. The van der Waals surface area contributed by atoms with Crippen LogP contribution in [0.3, 0.4) is 0 Å². The summed E-state index contributed by atoms with van der Waals surface area (Å²) in [6.45, 7) is 3.76. The van der Waals surface area contributed by atoms with Crippen molar-refractivity contribution >= 4 is 23.5 Å². The lowest BCUT2D eigenvalue weighted by Gasteiger charge is -2.32. The molecule has 0 bridgehead atoms. The molecular weight excluding hydrogens is 305 g/mol. The third kappa shape index (κ3) is 4.24. The number of benzene rings is 1. The fourth-order valence-electron chi connectivity index (χ4n) is 2.34. The summed E-state index contributed by atoms with van der Waals surface area (Å²) in [5.41, 5.74) is -0.518. The van der Waals surface area contributed by atoms with E-state index in [9.17, 15) is 14.3 Å². The Morgan fingerprint density at radius 1 is 1.50 bits per heavy atom. The molecule has 1 saturated heterocycles. The Bertz CT molecular complexity index is 544. The van der Waals surface area contributed by atoms with Crippen molar-refractivity contribution < 1.29 is 19.0 Å². The highest BCUT2D eigenvalue weighted by Crippen LogP contribution is 2.37. The molecule has 0 aromatic heterocycles. The van der Waals surface area contributed by atoms with Crippen LogP contribution < -0.4 is 5.32 Å². The Kier molecular flexibility index (Phi) is 5.85. The van der Waals surface area contributed by atoms with Crippen molar-refractivity contribution in [3.05, 3.63) is 42.2 Å². The van der Waals surface area contributed by atoms with E-state index in [0.717, 1.165) is 11.5 Å². The molecule has 0 spiro atoms. The molecule has 1 aromatic rings. The van der Waals surface area contributed by atoms with Crippen LogP contribution in [0.15, 0.2) is 30.9 Å². The zero-order valence-electron chi connectivity index (χ0n) is 12.3. The van der Waals surface area contributed by atoms with Crippen molar-refractivity contribution in [3.63, 3.8) is 0 Å². The summed E-state index contributed by atoms with van der Waals surface area (Å²) in [5.74, 6) is 1.11. The number of nitrogens with one attached hydrogen (secondary N) is 1. The molecule has 0 atom stereocenters. The van der Waals surface area contributed by atoms with E-state index in [1.165, 1.54) is 12.1 Å². The van der Waals surface area contributed by atoms with Gasteiger partial charge in [-0.3, -0.25) is 5.32 Å². The topological polar surface area (TPSA) is 58.6 Å². The van der Waals surface area contributed by atoms with Crippen molar-refractivity contribution in [2.24, 2.45) is 0 Å². The molecule has 4 nitrogen and oxygen atoms in total. The average molecular weight is 325 g/mol. The van der Waals surface area contributed by atoms with E-state index in [4.69, 9.17) is 4.74 Å². The number of carbonyl (C=O) groups is 1. The van der Waals surface area contributed by atoms with Crippen LogP contribution in [0.4, 0.5) is 14.9 Å². The monoisotopic (exact) mass is 325 g/mol. The van der Waals surface area contributed by atoms with Crippen molar-refractivity contribution in [3.8, 4) is 0 Å². The number of carbonyl (C=O) groups excluding carboxylic acids is 1. The van der Waals surface area contributed by atoms with Gasteiger partial charge in [0.25, 0.3) is 0 Å². The first kappa shape index (κ1) is 16.8. The second-order valence-corrected chi connectivity index (χ2v) is 6.40. The van der Waals surface area contributed by atoms with E-state index in [2.05, 4.69) is 11.9 Å². The summed E-state index contributed by atoms with van der Waals surface area (Å²) < 4.78 is 19.2. The molecule has 120 valence electrons. The molecule has 2 N–H and O–H groups in total. The molecule has 1 amide bonds. The SMILES string of the molecule is C=CCCOC(=O)Nc1ccc(C2(O)CCSCC2)c(F)c1. The van der Waals surface area contributed by atoms with Crippen LogP contribution >= 0.6 is 11.8 Å². The van der Waals surface area contributed by atoms with E-state index in [-0.39, 0.29) is 6.61 Å². The molecule has 0 radical (unpaired) electrons. The predicted octanol–water partition coefficient (Wildman–Crippen LogP) is 3.66. The van der Waals surface area contributed by atoms with Gasteiger partial charge in [0.05, 0.1) is 12.2 Å². The van der Waals surface area contributed by atoms with Gasteiger partial charge in [-0.05, 0) is 42.9 Å². The summed E-state index contributed by atoms with van der Waals surface area (Å²) in [6, 6.07) is 4.32. The fourth-order valence-corrected chi connectivity index (χ4v) is 3.51. The smallest absolute Gasteiger partial charge is 0.411 e. The van der Waals surface area contributed by atoms with E-state index >= 15 is 0 Å². The predicted molar refractivity (Wildman–Crippen MR) is 86.6 cm³/mol. The van der Waals surface area contributed by atoms with Gasteiger partial charge in [0, 0.05) is 11.3 Å². The number of rotatable bonds is 5. The van der Waals surface area contributed by atoms with Crippen molar-refractivity contribution in [2.45, 2.75) is 24.9 Å². The van der Waals surface area contributed by atoms with Gasteiger partial charge in [-0.2, -0.15) is 11.8 Å². The van der Waals surface area contributed by atoms with Gasteiger partial charge in [0.15, 0.2) is 0 Å². The average Bonchev–Trinajstić information content (AvgIpc) is 2.48. The standard InChI is InChI=1S/C16H20FNO3S/c1-2-3-8-21-15(19)18-12-4-5-13(14(17)11-12)16(20)6-9-22-10-7-16/h2,4-5,11,20H,1,3,6-10H2,(H,18,19). The minimum absolute atomic E-state index is 0.229.